The molecule has 2 rings (SSSR count). The van der Waals surface area contributed by atoms with Gasteiger partial charge in [-0.15, -0.1) is 0 Å². The van der Waals surface area contributed by atoms with Crippen LogP contribution in [0.4, 0.5) is 0 Å². The molecule has 0 saturated heterocycles. The second-order valence-electron chi connectivity index (χ2n) is 5.68. The molecule has 0 aliphatic carbocycles. The highest BCUT2D eigenvalue weighted by Gasteiger charge is 2.18. The molecule has 0 unspecified atom stereocenters. The molecule has 0 aliphatic rings. The topological polar surface area (TPSA) is 26.3 Å². The summed E-state index contributed by atoms with van der Waals surface area (Å²) in [5.74, 6) is 0.124. The molecule has 20 heavy (non-hydrogen) atoms. The summed E-state index contributed by atoms with van der Waals surface area (Å²) >= 11 is 6.10. The zero-order chi connectivity index (χ0) is 14.8. The van der Waals surface area contributed by atoms with Crippen molar-refractivity contribution in [2.75, 3.05) is 0 Å². The lowest BCUT2D eigenvalue weighted by Crippen LogP contribution is -2.14. The standard InChI is InChI=1S/C17H17ClO2/c1-17(2,3)13-9-12(10-14(18)11-13)16(19)20-15-7-5-4-6-8-15/h4-11H,1-3H3. The Morgan fingerprint density at radius 2 is 1.70 bits per heavy atom. The molecule has 0 spiro atoms. The number of para-hydroxylation sites is 1. The highest BCUT2D eigenvalue weighted by Crippen LogP contribution is 2.27. The lowest BCUT2D eigenvalue weighted by molar-refractivity contribution is 0.0734. The summed E-state index contributed by atoms with van der Waals surface area (Å²) in [6.07, 6.45) is 0. The van der Waals surface area contributed by atoms with Crippen molar-refractivity contribution in [2.45, 2.75) is 26.2 Å². The third kappa shape index (κ3) is 3.61. The monoisotopic (exact) mass is 288 g/mol. The normalized spacial score (nSPS) is 11.2. The lowest BCUT2D eigenvalue weighted by atomic mass is 9.86. The van der Waals surface area contributed by atoms with Gasteiger partial charge in [-0.2, -0.15) is 0 Å². The molecule has 2 aromatic rings. The van der Waals surface area contributed by atoms with Crippen LogP contribution in [-0.4, -0.2) is 5.97 Å². The van der Waals surface area contributed by atoms with Crippen molar-refractivity contribution in [3.05, 3.63) is 64.7 Å². The zero-order valence-corrected chi connectivity index (χ0v) is 12.6. The van der Waals surface area contributed by atoms with Gasteiger partial charge in [-0.25, -0.2) is 4.79 Å². The molecule has 104 valence electrons. The minimum atomic E-state index is -0.399. The summed E-state index contributed by atoms with van der Waals surface area (Å²) < 4.78 is 5.33. The quantitative estimate of drug-likeness (QED) is 0.583. The van der Waals surface area contributed by atoms with Crippen molar-refractivity contribution in [3.63, 3.8) is 0 Å². The van der Waals surface area contributed by atoms with Gasteiger partial charge >= 0.3 is 5.97 Å². The predicted molar refractivity (Wildman–Crippen MR) is 81.6 cm³/mol. The van der Waals surface area contributed by atoms with Crippen LogP contribution >= 0.6 is 11.6 Å². The maximum atomic E-state index is 12.2. The fraction of sp³-hybridized carbons (Fsp3) is 0.235. The van der Waals surface area contributed by atoms with Gasteiger partial charge in [0.2, 0.25) is 0 Å². The molecule has 0 aromatic heterocycles. The highest BCUT2D eigenvalue weighted by atomic mass is 35.5. The number of carbonyl (C=O) groups excluding carboxylic acids is 1. The highest BCUT2D eigenvalue weighted by molar-refractivity contribution is 6.31. The Hall–Kier alpha value is -1.80. The number of halogens is 1. The van der Waals surface area contributed by atoms with E-state index in [-0.39, 0.29) is 5.41 Å². The van der Waals surface area contributed by atoms with Gasteiger partial charge in [0.05, 0.1) is 5.56 Å². The second-order valence-corrected chi connectivity index (χ2v) is 6.12. The van der Waals surface area contributed by atoms with Gasteiger partial charge in [0.25, 0.3) is 0 Å². The molecule has 2 aromatic carbocycles. The van der Waals surface area contributed by atoms with Crippen molar-refractivity contribution in [1.82, 2.24) is 0 Å². The van der Waals surface area contributed by atoms with E-state index < -0.39 is 5.97 Å². The van der Waals surface area contributed by atoms with Crippen molar-refractivity contribution in [1.29, 1.82) is 0 Å². The van der Waals surface area contributed by atoms with Crippen molar-refractivity contribution >= 4 is 17.6 Å². The molecule has 0 N–H and O–H groups in total. The molecule has 0 saturated carbocycles. The maximum Gasteiger partial charge on any atom is 0.343 e. The van der Waals surface area contributed by atoms with E-state index in [1.807, 2.05) is 30.3 Å². The van der Waals surface area contributed by atoms with Crippen LogP contribution in [0.15, 0.2) is 48.5 Å². The summed E-state index contributed by atoms with van der Waals surface area (Å²) in [6, 6.07) is 14.3. The van der Waals surface area contributed by atoms with Gasteiger partial charge < -0.3 is 4.74 Å². The molecule has 0 radical (unpaired) electrons. The fourth-order valence-electron chi connectivity index (χ4n) is 1.80. The van der Waals surface area contributed by atoms with Gasteiger partial charge in [0.1, 0.15) is 5.75 Å². The number of carbonyl (C=O) groups is 1. The summed E-state index contributed by atoms with van der Waals surface area (Å²) in [5.41, 5.74) is 1.39. The SMILES string of the molecule is CC(C)(C)c1cc(Cl)cc(C(=O)Oc2ccccc2)c1. The van der Waals surface area contributed by atoms with Crippen LogP contribution < -0.4 is 4.74 Å². The number of hydrogen-bond acceptors (Lipinski definition) is 2. The van der Waals surface area contributed by atoms with E-state index >= 15 is 0 Å². The van der Waals surface area contributed by atoms with Gasteiger partial charge in [0, 0.05) is 5.02 Å². The molecule has 0 atom stereocenters. The average Bonchev–Trinajstić information content (AvgIpc) is 2.38. The van der Waals surface area contributed by atoms with Crippen molar-refractivity contribution < 1.29 is 9.53 Å². The summed E-state index contributed by atoms with van der Waals surface area (Å²) in [6.45, 7) is 6.22. The van der Waals surface area contributed by atoms with Gasteiger partial charge in [0.15, 0.2) is 0 Å². The molecular formula is C17H17ClO2. The van der Waals surface area contributed by atoms with Gasteiger partial charge in [-0.3, -0.25) is 0 Å². The van der Waals surface area contributed by atoms with Gasteiger partial charge in [-0.1, -0.05) is 50.6 Å². The first-order valence-corrected chi connectivity index (χ1v) is 6.82. The van der Waals surface area contributed by atoms with Gasteiger partial charge in [-0.05, 0) is 41.3 Å². The number of rotatable bonds is 2. The van der Waals surface area contributed by atoms with Crippen LogP contribution in [0.5, 0.6) is 5.75 Å². The van der Waals surface area contributed by atoms with Crippen LogP contribution in [0.3, 0.4) is 0 Å². The molecule has 3 heteroatoms. The Morgan fingerprint density at radius 3 is 2.30 bits per heavy atom. The number of esters is 1. The summed E-state index contributed by atoms with van der Waals surface area (Å²) in [5, 5.41) is 0.539. The van der Waals surface area contributed by atoms with E-state index in [1.165, 1.54) is 0 Å². The lowest BCUT2D eigenvalue weighted by Gasteiger charge is -2.20. The Balaban J connectivity index is 2.29. The zero-order valence-electron chi connectivity index (χ0n) is 11.8. The molecule has 0 aliphatic heterocycles. The average molecular weight is 289 g/mol. The first-order chi connectivity index (χ1) is 9.36. The third-order valence-electron chi connectivity index (χ3n) is 2.95. The predicted octanol–water partition coefficient (Wildman–Crippen LogP) is 4.86. The van der Waals surface area contributed by atoms with Crippen molar-refractivity contribution in [2.24, 2.45) is 0 Å². The van der Waals surface area contributed by atoms with Crippen molar-refractivity contribution in [3.8, 4) is 5.75 Å². The maximum absolute atomic E-state index is 12.2. The van der Waals surface area contributed by atoms with Crippen LogP contribution in [0.1, 0.15) is 36.7 Å². The van der Waals surface area contributed by atoms with E-state index in [9.17, 15) is 4.79 Å². The second kappa shape index (κ2) is 5.68. The molecule has 2 nitrogen and oxygen atoms in total. The number of ether oxygens (including phenoxy) is 1. The molecule has 0 heterocycles. The van der Waals surface area contributed by atoms with E-state index in [0.717, 1.165) is 5.56 Å². The molecule has 0 fully saturated rings. The van der Waals surface area contributed by atoms with Crippen LogP contribution in [0, 0.1) is 0 Å². The Bertz CT molecular complexity index is 613. The van der Waals surface area contributed by atoms with E-state index in [1.54, 1.807) is 18.2 Å². The molecule has 0 amide bonds. The first-order valence-electron chi connectivity index (χ1n) is 6.44. The molecular weight excluding hydrogens is 272 g/mol. The third-order valence-corrected chi connectivity index (χ3v) is 3.17. The smallest absolute Gasteiger partial charge is 0.343 e. The first kappa shape index (κ1) is 14.6. The number of hydrogen-bond donors (Lipinski definition) is 0. The Kier molecular flexibility index (Phi) is 4.15. The fourth-order valence-corrected chi connectivity index (χ4v) is 2.03. The van der Waals surface area contributed by atoms with E-state index in [4.69, 9.17) is 16.3 Å². The summed E-state index contributed by atoms with van der Waals surface area (Å²) in [4.78, 5) is 12.2. The van der Waals surface area contributed by atoms with Crippen LogP contribution in [-0.2, 0) is 5.41 Å². The van der Waals surface area contributed by atoms with E-state index in [2.05, 4.69) is 20.8 Å². The summed E-state index contributed by atoms with van der Waals surface area (Å²) in [7, 11) is 0. The van der Waals surface area contributed by atoms with Crippen LogP contribution in [0.25, 0.3) is 0 Å². The minimum absolute atomic E-state index is 0.0767. The van der Waals surface area contributed by atoms with Crippen LogP contribution in [0.2, 0.25) is 5.02 Å². The van der Waals surface area contributed by atoms with E-state index in [0.29, 0.717) is 16.3 Å². The minimum Gasteiger partial charge on any atom is -0.423 e. The molecule has 0 bridgehead atoms. The number of benzene rings is 2. The Labute approximate surface area is 124 Å². The largest absolute Gasteiger partial charge is 0.423 e. The Morgan fingerprint density at radius 1 is 1.05 bits per heavy atom.